The zero-order valence-electron chi connectivity index (χ0n) is 5.13. The van der Waals surface area contributed by atoms with Crippen molar-refractivity contribution in [2.75, 3.05) is 0 Å². The molecule has 50 valence electrons. The lowest BCUT2D eigenvalue weighted by molar-refractivity contribution is 1.38. The van der Waals surface area contributed by atoms with Gasteiger partial charge < -0.3 is 4.98 Å². The number of nitrogens with zero attached hydrogens (tertiary/aromatic N) is 1. The Kier molecular flexibility index (Phi) is 2.14. The molecule has 0 saturated carbocycles. The van der Waals surface area contributed by atoms with Crippen molar-refractivity contribution in [3.8, 4) is 6.07 Å². The first kappa shape index (κ1) is 6.91. The predicted molar refractivity (Wildman–Crippen MR) is 40.4 cm³/mol. The second-order valence-corrected chi connectivity index (χ2v) is 2.11. The van der Waals surface area contributed by atoms with E-state index in [1.165, 1.54) is 6.08 Å². The molecule has 0 aliphatic rings. The summed E-state index contributed by atoms with van der Waals surface area (Å²) in [4.78, 5) is 2.87. The second-order valence-electron chi connectivity index (χ2n) is 1.70. The summed E-state index contributed by atoms with van der Waals surface area (Å²) in [5, 5.41) is 8.79. The maximum absolute atomic E-state index is 8.16. The van der Waals surface area contributed by atoms with Crippen LogP contribution in [-0.2, 0) is 0 Å². The van der Waals surface area contributed by atoms with Gasteiger partial charge in [0.2, 0.25) is 0 Å². The smallest absolute Gasteiger partial charge is 0.0912 e. The summed E-state index contributed by atoms with van der Waals surface area (Å²) in [6, 6.07) is 3.61. The van der Waals surface area contributed by atoms with Gasteiger partial charge in [-0.05, 0) is 12.1 Å². The first-order valence-electron chi connectivity index (χ1n) is 2.73. The van der Waals surface area contributed by atoms with Gasteiger partial charge in [0.05, 0.1) is 16.8 Å². The van der Waals surface area contributed by atoms with Gasteiger partial charge in [0.1, 0.15) is 0 Å². The highest BCUT2D eigenvalue weighted by molar-refractivity contribution is 6.31. The van der Waals surface area contributed by atoms with Crippen LogP contribution in [0.5, 0.6) is 0 Å². The van der Waals surface area contributed by atoms with Crippen LogP contribution >= 0.6 is 11.6 Å². The van der Waals surface area contributed by atoms with Gasteiger partial charge in [0, 0.05) is 12.3 Å². The summed E-state index contributed by atoms with van der Waals surface area (Å²) in [7, 11) is 0. The number of halogens is 1. The van der Waals surface area contributed by atoms with Crippen molar-refractivity contribution in [3.63, 3.8) is 0 Å². The van der Waals surface area contributed by atoms with Crippen molar-refractivity contribution >= 4 is 17.7 Å². The Bertz CT molecular complexity index is 280. The Hall–Kier alpha value is -1.20. The lowest BCUT2D eigenvalue weighted by Gasteiger charge is -1.83. The molecule has 1 aromatic rings. The number of allylic oxidation sites excluding steroid dienone is 1. The van der Waals surface area contributed by atoms with Gasteiger partial charge in [-0.3, -0.25) is 0 Å². The largest absolute Gasteiger partial charge is 0.360 e. The van der Waals surface area contributed by atoms with E-state index in [4.69, 9.17) is 16.9 Å². The first-order chi connectivity index (χ1) is 4.84. The Balaban J connectivity index is 2.87. The van der Waals surface area contributed by atoms with Crippen molar-refractivity contribution in [2.45, 2.75) is 0 Å². The maximum Gasteiger partial charge on any atom is 0.0912 e. The van der Waals surface area contributed by atoms with Gasteiger partial charge in [0.25, 0.3) is 0 Å². The molecule has 2 nitrogen and oxygen atoms in total. The number of nitriles is 1. The van der Waals surface area contributed by atoms with Crippen molar-refractivity contribution < 1.29 is 0 Å². The molecule has 0 amide bonds. The molecule has 3 heteroatoms. The summed E-state index contributed by atoms with van der Waals surface area (Å²) in [6.07, 6.45) is 4.72. The molecule has 1 aromatic heterocycles. The van der Waals surface area contributed by atoms with E-state index in [0.29, 0.717) is 5.02 Å². The van der Waals surface area contributed by atoms with E-state index in [1.54, 1.807) is 18.3 Å². The Morgan fingerprint density at radius 1 is 1.70 bits per heavy atom. The highest BCUT2D eigenvalue weighted by atomic mass is 35.5. The highest BCUT2D eigenvalue weighted by Gasteiger charge is 1.93. The lowest BCUT2D eigenvalue weighted by atomic mass is 10.4. The molecule has 0 unspecified atom stereocenters. The number of aromatic nitrogens is 1. The highest BCUT2D eigenvalue weighted by Crippen LogP contribution is 2.14. The Labute approximate surface area is 63.7 Å². The van der Waals surface area contributed by atoms with Crippen LogP contribution < -0.4 is 0 Å². The number of H-pyrrole nitrogens is 1. The Morgan fingerprint density at radius 2 is 2.50 bits per heavy atom. The average Bonchev–Trinajstić information content (AvgIpc) is 2.31. The van der Waals surface area contributed by atoms with Gasteiger partial charge >= 0.3 is 0 Å². The van der Waals surface area contributed by atoms with Crippen LogP contribution in [0.4, 0.5) is 0 Å². The molecule has 0 aliphatic heterocycles. The zero-order valence-corrected chi connectivity index (χ0v) is 5.89. The molecule has 0 aromatic carbocycles. The van der Waals surface area contributed by atoms with Gasteiger partial charge in [0.15, 0.2) is 0 Å². The fraction of sp³-hybridized carbons (Fsp3) is 0. The van der Waals surface area contributed by atoms with Gasteiger partial charge in [-0.15, -0.1) is 0 Å². The quantitative estimate of drug-likeness (QED) is 0.616. The molecule has 10 heavy (non-hydrogen) atoms. The number of hydrogen-bond acceptors (Lipinski definition) is 1. The van der Waals surface area contributed by atoms with E-state index >= 15 is 0 Å². The van der Waals surface area contributed by atoms with E-state index in [-0.39, 0.29) is 0 Å². The van der Waals surface area contributed by atoms with Crippen molar-refractivity contribution in [2.24, 2.45) is 0 Å². The summed E-state index contributed by atoms with van der Waals surface area (Å²) in [6.45, 7) is 0. The third-order valence-electron chi connectivity index (χ3n) is 1.05. The number of hydrogen-bond donors (Lipinski definition) is 1. The lowest BCUT2D eigenvalue weighted by Crippen LogP contribution is -1.67. The fourth-order valence-electron chi connectivity index (χ4n) is 0.612. The molecule has 0 spiro atoms. The molecule has 1 heterocycles. The van der Waals surface area contributed by atoms with Gasteiger partial charge in [-0.2, -0.15) is 5.26 Å². The molecule has 0 fully saturated rings. The minimum atomic E-state index is 0.631. The fourth-order valence-corrected chi connectivity index (χ4v) is 0.792. The second kappa shape index (κ2) is 3.09. The SMILES string of the molecule is N#C/C=C/c1[nH]ccc1Cl. The van der Waals surface area contributed by atoms with E-state index in [2.05, 4.69) is 4.98 Å². The average molecular weight is 153 g/mol. The van der Waals surface area contributed by atoms with Crippen molar-refractivity contribution in [1.82, 2.24) is 4.98 Å². The minimum absolute atomic E-state index is 0.631. The number of rotatable bonds is 1. The number of aromatic amines is 1. The number of nitrogens with one attached hydrogen (secondary N) is 1. The van der Waals surface area contributed by atoms with Crippen LogP contribution in [0.15, 0.2) is 18.3 Å². The molecule has 0 atom stereocenters. The van der Waals surface area contributed by atoms with Crippen LogP contribution in [0.25, 0.3) is 6.08 Å². The van der Waals surface area contributed by atoms with Crippen LogP contribution in [0, 0.1) is 11.3 Å². The summed E-state index contributed by atoms with van der Waals surface area (Å²) in [5.41, 5.74) is 0.767. The van der Waals surface area contributed by atoms with Crippen LogP contribution in [-0.4, -0.2) is 4.98 Å². The van der Waals surface area contributed by atoms with Crippen LogP contribution in [0.3, 0.4) is 0 Å². The predicted octanol–water partition coefficient (Wildman–Crippen LogP) is 2.20. The molecular formula is C7H5ClN2. The summed E-state index contributed by atoms with van der Waals surface area (Å²) < 4.78 is 0. The third-order valence-corrected chi connectivity index (χ3v) is 1.38. The van der Waals surface area contributed by atoms with Crippen LogP contribution in [0.1, 0.15) is 5.69 Å². The zero-order chi connectivity index (χ0) is 7.40. The molecule has 1 rings (SSSR count). The first-order valence-corrected chi connectivity index (χ1v) is 3.11. The molecule has 0 radical (unpaired) electrons. The van der Waals surface area contributed by atoms with Crippen molar-refractivity contribution in [3.05, 3.63) is 29.1 Å². The van der Waals surface area contributed by atoms with Gasteiger partial charge in [-0.25, -0.2) is 0 Å². The maximum atomic E-state index is 8.16. The van der Waals surface area contributed by atoms with E-state index in [0.717, 1.165) is 5.69 Å². The minimum Gasteiger partial charge on any atom is -0.360 e. The third kappa shape index (κ3) is 1.40. The monoisotopic (exact) mass is 152 g/mol. The molecule has 1 N–H and O–H groups in total. The van der Waals surface area contributed by atoms with Crippen LogP contribution in [0.2, 0.25) is 5.02 Å². The molecule has 0 saturated heterocycles. The molecule has 0 bridgehead atoms. The topological polar surface area (TPSA) is 39.6 Å². The normalized spacial score (nSPS) is 10.0. The van der Waals surface area contributed by atoms with E-state index in [1.807, 2.05) is 6.07 Å². The van der Waals surface area contributed by atoms with Crippen molar-refractivity contribution in [1.29, 1.82) is 5.26 Å². The van der Waals surface area contributed by atoms with E-state index < -0.39 is 0 Å². The standard InChI is InChI=1S/C7H5ClN2/c8-6-3-5-10-7(6)2-1-4-9/h1-3,5,10H/b2-1+. The molecular weight excluding hydrogens is 148 g/mol. The van der Waals surface area contributed by atoms with Gasteiger partial charge in [-0.1, -0.05) is 11.6 Å². The summed E-state index contributed by atoms with van der Waals surface area (Å²) in [5.74, 6) is 0. The Morgan fingerprint density at radius 3 is 3.00 bits per heavy atom. The summed E-state index contributed by atoms with van der Waals surface area (Å²) >= 11 is 5.68. The molecule has 0 aliphatic carbocycles. The van der Waals surface area contributed by atoms with E-state index in [9.17, 15) is 0 Å².